The Bertz CT molecular complexity index is 833. The fourth-order valence-corrected chi connectivity index (χ4v) is 3.31. The largest absolute Gasteiger partial charge is 0.435 e. The van der Waals surface area contributed by atoms with Crippen LogP contribution in [-0.2, 0) is 30.6 Å². The van der Waals surface area contributed by atoms with E-state index in [1.807, 2.05) is 24.7 Å². The van der Waals surface area contributed by atoms with Gasteiger partial charge >= 0.3 is 6.18 Å². The maximum atomic E-state index is 12.8. The molecule has 0 radical (unpaired) electrons. The Labute approximate surface area is 161 Å². The highest BCUT2D eigenvalue weighted by atomic mass is 19.4. The standard InChI is InChI=1S/C18H25F3N6O/c1-4-26-11-15(14(3)22-26)10-24-5-7-25(8-6-24)17(28)12-27-13(2)9-16(23-27)18(19,20)21/h9,11H,4-8,10,12H2,1-3H3. The molecule has 0 bridgehead atoms. The van der Waals surface area contributed by atoms with Crippen molar-refractivity contribution in [2.24, 2.45) is 0 Å². The summed E-state index contributed by atoms with van der Waals surface area (Å²) >= 11 is 0. The van der Waals surface area contributed by atoms with Crippen molar-refractivity contribution >= 4 is 5.91 Å². The molecule has 0 aliphatic carbocycles. The predicted octanol–water partition coefficient (Wildman–Crippen LogP) is 2.08. The zero-order valence-corrected chi connectivity index (χ0v) is 16.3. The van der Waals surface area contributed by atoms with Crippen molar-refractivity contribution in [1.29, 1.82) is 0 Å². The van der Waals surface area contributed by atoms with Gasteiger partial charge in [0.15, 0.2) is 5.69 Å². The van der Waals surface area contributed by atoms with Crippen LogP contribution in [0.15, 0.2) is 12.3 Å². The number of aryl methyl sites for hydroxylation is 3. The highest BCUT2D eigenvalue weighted by Gasteiger charge is 2.34. The Morgan fingerprint density at radius 3 is 2.36 bits per heavy atom. The monoisotopic (exact) mass is 398 g/mol. The average molecular weight is 398 g/mol. The molecule has 0 spiro atoms. The summed E-state index contributed by atoms with van der Waals surface area (Å²) in [6.45, 7) is 9.51. The number of rotatable bonds is 5. The van der Waals surface area contributed by atoms with Gasteiger partial charge in [0.05, 0.1) is 5.69 Å². The van der Waals surface area contributed by atoms with E-state index in [1.165, 1.54) is 12.5 Å². The molecule has 0 aromatic carbocycles. The Kier molecular flexibility index (Phi) is 5.78. The molecule has 3 rings (SSSR count). The van der Waals surface area contributed by atoms with Crippen LogP contribution in [0.5, 0.6) is 0 Å². The van der Waals surface area contributed by atoms with Crippen LogP contribution in [0, 0.1) is 13.8 Å². The van der Waals surface area contributed by atoms with Crippen molar-refractivity contribution in [3.63, 3.8) is 0 Å². The Hall–Kier alpha value is -2.36. The number of carbonyl (C=O) groups excluding carboxylic acids is 1. The summed E-state index contributed by atoms with van der Waals surface area (Å²) in [5, 5.41) is 7.98. The van der Waals surface area contributed by atoms with Crippen molar-refractivity contribution in [3.05, 3.63) is 34.9 Å². The van der Waals surface area contributed by atoms with Crippen LogP contribution >= 0.6 is 0 Å². The average Bonchev–Trinajstić information content (AvgIpc) is 3.18. The summed E-state index contributed by atoms with van der Waals surface area (Å²) in [5.41, 5.74) is 1.54. The minimum absolute atomic E-state index is 0.176. The van der Waals surface area contributed by atoms with Crippen molar-refractivity contribution in [2.75, 3.05) is 26.2 Å². The van der Waals surface area contributed by atoms with Crippen LogP contribution in [0.2, 0.25) is 0 Å². The molecule has 1 saturated heterocycles. The molecular weight excluding hydrogens is 373 g/mol. The number of aromatic nitrogens is 4. The van der Waals surface area contributed by atoms with Gasteiger partial charge in [-0.1, -0.05) is 0 Å². The van der Waals surface area contributed by atoms with Gasteiger partial charge in [-0.05, 0) is 26.8 Å². The van der Waals surface area contributed by atoms with Gasteiger partial charge in [-0.2, -0.15) is 23.4 Å². The lowest BCUT2D eigenvalue weighted by molar-refractivity contribution is -0.142. The molecule has 1 fully saturated rings. The summed E-state index contributed by atoms with van der Waals surface area (Å²) in [4.78, 5) is 16.4. The second-order valence-electron chi connectivity index (χ2n) is 7.08. The number of nitrogens with zero attached hydrogens (tertiary/aromatic N) is 6. The molecule has 2 aromatic heterocycles. The molecule has 2 aromatic rings. The van der Waals surface area contributed by atoms with E-state index in [-0.39, 0.29) is 12.5 Å². The summed E-state index contributed by atoms with van der Waals surface area (Å²) < 4.78 is 41.3. The predicted molar refractivity (Wildman–Crippen MR) is 96.5 cm³/mol. The van der Waals surface area contributed by atoms with Gasteiger partial charge in [0.25, 0.3) is 0 Å². The highest BCUT2D eigenvalue weighted by Crippen LogP contribution is 2.28. The Morgan fingerprint density at radius 2 is 1.82 bits per heavy atom. The summed E-state index contributed by atoms with van der Waals surface area (Å²) in [5.74, 6) is -0.213. The van der Waals surface area contributed by atoms with Gasteiger partial charge in [-0.25, -0.2) is 0 Å². The van der Waals surface area contributed by atoms with Crippen molar-refractivity contribution in [1.82, 2.24) is 29.4 Å². The smallest absolute Gasteiger partial charge is 0.339 e. The number of carbonyl (C=O) groups is 1. The topological polar surface area (TPSA) is 59.2 Å². The van der Waals surface area contributed by atoms with Crippen LogP contribution in [0.3, 0.4) is 0 Å². The number of amides is 1. The van der Waals surface area contributed by atoms with Gasteiger partial charge < -0.3 is 4.90 Å². The van der Waals surface area contributed by atoms with Gasteiger partial charge in [0.2, 0.25) is 5.91 Å². The first-order valence-corrected chi connectivity index (χ1v) is 9.32. The van der Waals surface area contributed by atoms with Crippen LogP contribution in [0.1, 0.15) is 29.6 Å². The first-order chi connectivity index (χ1) is 13.2. The second-order valence-corrected chi connectivity index (χ2v) is 7.08. The summed E-state index contributed by atoms with van der Waals surface area (Å²) in [7, 11) is 0. The van der Waals surface area contributed by atoms with Gasteiger partial charge in [0.1, 0.15) is 6.54 Å². The van der Waals surface area contributed by atoms with Crippen molar-refractivity contribution in [3.8, 4) is 0 Å². The second kappa shape index (κ2) is 7.94. The van der Waals surface area contributed by atoms with Gasteiger partial charge in [-0.15, -0.1) is 0 Å². The highest BCUT2D eigenvalue weighted by molar-refractivity contribution is 5.76. The van der Waals surface area contributed by atoms with E-state index in [9.17, 15) is 18.0 Å². The van der Waals surface area contributed by atoms with Crippen LogP contribution < -0.4 is 0 Å². The van der Waals surface area contributed by atoms with Crippen LogP contribution in [-0.4, -0.2) is 61.4 Å². The fraction of sp³-hybridized carbons (Fsp3) is 0.611. The summed E-state index contributed by atoms with van der Waals surface area (Å²) in [6, 6.07) is 0.962. The molecule has 28 heavy (non-hydrogen) atoms. The lowest BCUT2D eigenvalue weighted by atomic mass is 10.2. The molecule has 7 nitrogen and oxygen atoms in total. The lowest BCUT2D eigenvalue weighted by Gasteiger charge is -2.34. The quantitative estimate of drug-likeness (QED) is 0.774. The van der Waals surface area contributed by atoms with E-state index in [1.54, 1.807) is 4.90 Å². The lowest BCUT2D eigenvalue weighted by Crippen LogP contribution is -2.49. The molecule has 10 heteroatoms. The maximum Gasteiger partial charge on any atom is 0.435 e. The maximum absolute atomic E-state index is 12.8. The fourth-order valence-electron chi connectivity index (χ4n) is 3.31. The minimum Gasteiger partial charge on any atom is -0.339 e. The molecule has 0 saturated carbocycles. The number of hydrogen-bond acceptors (Lipinski definition) is 4. The Morgan fingerprint density at radius 1 is 1.14 bits per heavy atom. The molecule has 0 atom stereocenters. The third-order valence-electron chi connectivity index (χ3n) is 5.05. The number of hydrogen-bond donors (Lipinski definition) is 0. The molecule has 0 N–H and O–H groups in total. The van der Waals surface area contributed by atoms with E-state index in [0.717, 1.165) is 29.5 Å². The third kappa shape index (κ3) is 4.54. The number of halogens is 3. The Balaban J connectivity index is 1.54. The van der Waals surface area contributed by atoms with Crippen LogP contribution in [0.4, 0.5) is 13.2 Å². The van der Waals surface area contributed by atoms with Crippen molar-refractivity contribution in [2.45, 2.75) is 46.6 Å². The van der Waals surface area contributed by atoms with E-state index >= 15 is 0 Å². The molecular formula is C18H25F3N6O. The molecule has 1 aliphatic heterocycles. The zero-order valence-electron chi connectivity index (χ0n) is 16.3. The SMILES string of the molecule is CCn1cc(CN2CCN(C(=O)Cn3nc(C(F)(F)F)cc3C)CC2)c(C)n1. The minimum atomic E-state index is -4.51. The molecule has 3 heterocycles. The number of piperazine rings is 1. The molecule has 0 unspecified atom stereocenters. The van der Waals surface area contributed by atoms with E-state index in [0.29, 0.717) is 31.9 Å². The molecule has 154 valence electrons. The van der Waals surface area contributed by atoms with Crippen LogP contribution in [0.25, 0.3) is 0 Å². The first kappa shape index (κ1) is 20.4. The van der Waals surface area contributed by atoms with E-state index in [2.05, 4.69) is 15.1 Å². The number of alkyl halides is 3. The first-order valence-electron chi connectivity index (χ1n) is 9.32. The third-order valence-corrected chi connectivity index (χ3v) is 5.05. The molecule has 1 aliphatic rings. The van der Waals surface area contributed by atoms with Gasteiger partial charge in [-0.3, -0.25) is 19.1 Å². The van der Waals surface area contributed by atoms with Gasteiger partial charge in [0, 0.05) is 56.7 Å². The van der Waals surface area contributed by atoms with E-state index < -0.39 is 11.9 Å². The van der Waals surface area contributed by atoms with Crippen molar-refractivity contribution < 1.29 is 18.0 Å². The zero-order chi connectivity index (χ0) is 20.5. The normalized spacial score (nSPS) is 16.0. The molecule has 1 amide bonds. The summed E-state index contributed by atoms with van der Waals surface area (Å²) in [6.07, 6.45) is -2.46. The van der Waals surface area contributed by atoms with E-state index in [4.69, 9.17) is 0 Å².